The van der Waals surface area contributed by atoms with Gasteiger partial charge in [-0.05, 0) is 65.1 Å². The summed E-state index contributed by atoms with van der Waals surface area (Å²) in [5, 5.41) is 24.2. The van der Waals surface area contributed by atoms with Crippen LogP contribution in [0, 0.1) is 11.3 Å². The molecular formula is C35H25Cl2LiN8O2. The normalized spacial score (nSPS) is 10.8. The minimum absolute atomic E-state index is 0. The summed E-state index contributed by atoms with van der Waals surface area (Å²) >= 11 is 12.4. The van der Waals surface area contributed by atoms with Crippen molar-refractivity contribution in [3.63, 3.8) is 0 Å². The molecule has 0 radical (unpaired) electrons. The van der Waals surface area contributed by atoms with Crippen LogP contribution < -0.4 is 41.2 Å². The first-order valence-electron chi connectivity index (χ1n) is 13.9. The van der Waals surface area contributed by atoms with Crippen LogP contribution >= 0.6 is 23.2 Å². The second-order valence-corrected chi connectivity index (χ2v) is 11.0. The van der Waals surface area contributed by atoms with E-state index in [9.17, 15) is 9.90 Å². The minimum atomic E-state index is -1.23. The van der Waals surface area contributed by atoms with Gasteiger partial charge in [-0.3, -0.25) is 0 Å². The van der Waals surface area contributed by atoms with Crippen molar-refractivity contribution in [3.8, 4) is 28.3 Å². The number of guanidine groups is 1. The van der Waals surface area contributed by atoms with Crippen LogP contribution in [0.25, 0.3) is 43.8 Å². The van der Waals surface area contributed by atoms with Crippen molar-refractivity contribution in [1.29, 1.82) is 5.26 Å². The van der Waals surface area contributed by atoms with E-state index in [2.05, 4.69) is 26.0 Å². The maximum atomic E-state index is 11.0. The number of halogens is 2. The average molecular weight is 667 g/mol. The van der Waals surface area contributed by atoms with Crippen LogP contribution in [0.1, 0.15) is 22.8 Å². The molecule has 0 aliphatic rings. The van der Waals surface area contributed by atoms with Crippen LogP contribution in [-0.2, 0) is 0 Å². The Morgan fingerprint density at radius 1 is 0.729 bits per heavy atom. The van der Waals surface area contributed by atoms with Gasteiger partial charge in [0.05, 0.1) is 33.5 Å². The van der Waals surface area contributed by atoms with Crippen molar-refractivity contribution >= 4 is 74.1 Å². The maximum absolute atomic E-state index is 11.0. The second-order valence-electron chi connectivity index (χ2n) is 10.2. The molecule has 0 aliphatic carbocycles. The number of benzene rings is 4. The van der Waals surface area contributed by atoms with Crippen molar-refractivity contribution in [2.75, 3.05) is 0 Å². The summed E-state index contributed by atoms with van der Waals surface area (Å²) in [5.41, 5.74) is 20.7. The number of amidine groups is 1. The molecule has 2 aromatic heterocycles. The van der Waals surface area contributed by atoms with Gasteiger partial charge in [-0.15, -0.1) is 0 Å². The van der Waals surface area contributed by atoms with Gasteiger partial charge < -0.3 is 27.1 Å². The predicted octanol–water partition coefficient (Wildman–Crippen LogP) is 3.26. The molecular weight excluding hydrogens is 642 g/mol. The smallest absolute Gasteiger partial charge is 0.545 e. The monoisotopic (exact) mass is 666 g/mol. The third-order valence-electron chi connectivity index (χ3n) is 6.91. The van der Waals surface area contributed by atoms with Gasteiger partial charge >= 0.3 is 18.9 Å². The van der Waals surface area contributed by atoms with Crippen molar-refractivity contribution in [2.45, 2.75) is 6.92 Å². The molecule has 6 N–H and O–H groups in total. The molecule has 0 amide bonds. The Morgan fingerprint density at radius 2 is 1.23 bits per heavy atom. The largest absolute Gasteiger partial charge is 1.00 e. The Morgan fingerprint density at radius 3 is 1.73 bits per heavy atom. The third kappa shape index (κ3) is 8.10. The van der Waals surface area contributed by atoms with E-state index in [0.29, 0.717) is 44.0 Å². The molecule has 10 nitrogen and oxygen atoms in total. The fourth-order valence-electron chi connectivity index (χ4n) is 4.81. The topological polar surface area (TPSA) is 192 Å². The molecule has 13 heteroatoms. The van der Waals surface area contributed by atoms with E-state index in [1.807, 2.05) is 54.6 Å². The number of nitriles is 1. The number of fused-ring (bicyclic) bond motifs is 2. The fraction of sp³-hybridized carbons (Fsp3) is 0.0286. The number of rotatable bonds is 5. The molecule has 48 heavy (non-hydrogen) atoms. The summed E-state index contributed by atoms with van der Waals surface area (Å²) in [7, 11) is 0. The molecule has 0 aliphatic heterocycles. The summed E-state index contributed by atoms with van der Waals surface area (Å²) in [4.78, 5) is 27.7. The number of hydrogen-bond acceptors (Lipinski definition) is 7. The van der Waals surface area contributed by atoms with Gasteiger partial charge in [-0.1, -0.05) is 77.8 Å². The van der Waals surface area contributed by atoms with Gasteiger partial charge in [0, 0.05) is 33.9 Å². The Balaban J connectivity index is 0.000000212. The van der Waals surface area contributed by atoms with Crippen LogP contribution in [0.3, 0.4) is 0 Å². The number of nitrogens with two attached hydrogens (primary N) is 3. The number of hydrogen-bond donors (Lipinski definition) is 3. The molecule has 4 aromatic carbocycles. The van der Waals surface area contributed by atoms with Gasteiger partial charge in [-0.25, -0.2) is 15.0 Å². The van der Waals surface area contributed by atoms with Crippen LogP contribution in [0.2, 0.25) is 10.0 Å². The Kier molecular flexibility index (Phi) is 11.4. The molecule has 0 unspecified atom stereocenters. The Hall–Kier alpha value is -5.42. The SMILES string of the molecule is CC(N)=Nc1ncc(Cl)c2ccc(-c3cccc(C#N)c3)cc12.NC(N)=Nc1ncc(Cl)c2ccc(-c3cccc(C(=O)[O-])c3)cc12.[Li+]. The standard InChI is InChI=1S/C18H13ClN4.C17H13ClN4O2.Li/c1-11(21)23-18-16-8-14(5-6-15(16)17(19)10-22-18)13-4-2-3-12(7-13)9-20;18-14-8-21-15(22-17(19)20)13-7-10(4-5-12(13)14)9-2-1-3-11(6-9)16(23)24;/h2-8,10H,1H3,(H2,21,22,23);1-8H,(H,23,24)(H4,19,20,21,22);/q;;+1/p-1. The van der Waals surface area contributed by atoms with Gasteiger partial charge in [0.15, 0.2) is 17.6 Å². The number of aromatic carboxylic acids is 1. The maximum Gasteiger partial charge on any atom is 1.00 e. The zero-order valence-corrected chi connectivity index (χ0v) is 27.3. The summed E-state index contributed by atoms with van der Waals surface area (Å²) in [6.07, 6.45) is 3.05. The van der Waals surface area contributed by atoms with Crippen molar-refractivity contribution in [3.05, 3.63) is 118 Å². The zero-order chi connectivity index (χ0) is 33.7. The molecule has 0 fully saturated rings. The number of aliphatic imine (C=N–C) groups is 2. The van der Waals surface area contributed by atoms with E-state index >= 15 is 0 Å². The van der Waals surface area contributed by atoms with E-state index in [1.165, 1.54) is 18.3 Å². The molecule has 0 saturated heterocycles. The number of aromatic nitrogens is 2. The molecule has 2 heterocycles. The summed E-state index contributed by atoms with van der Waals surface area (Å²) < 4.78 is 0. The van der Waals surface area contributed by atoms with Gasteiger partial charge in [-0.2, -0.15) is 10.3 Å². The number of carboxylic acids is 1. The van der Waals surface area contributed by atoms with E-state index < -0.39 is 5.97 Å². The number of nitrogens with zero attached hydrogens (tertiary/aromatic N) is 5. The van der Waals surface area contributed by atoms with Crippen molar-refractivity contribution in [1.82, 2.24) is 9.97 Å². The first kappa shape index (κ1) is 35.4. The zero-order valence-electron chi connectivity index (χ0n) is 25.8. The Labute approximate surface area is 297 Å². The third-order valence-corrected chi connectivity index (χ3v) is 7.51. The Bertz CT molecular complexity index is 2280. The first-order valence-corrected chi connectivity index (χ1v) is 14.7. The van der Waals surface area contributed by atoms with Crippen molar-refractivity contribution in [2.24, 2.45) is 27.2 Å². The quantitative estimate of drug-likeness (QED) is 0.142. The van der Waals surface area contributed by atoms with Crippen LogP contribution in [0.4, 0.5) is 11.6 Å². The molecule has 6 aromatic rings. The minimum Gasteiger partial charge on any atom is -0.545 e. The fourth-order valence-corrected chi connectivity index (χ4v) is 5.24. The summed E-state index contributed by atoms with van der Waals surface area (Å²) in [6, 6.07) is 27.4. The predicted molar refractivity (Wildman–Crippen MR) is 186 cm³/mol. The molecule has 0 saturated carbocycles. The molecule has 0 spiro atoms. The van der Waals surface area contributed by atoms with Crippen molar-refractivity contribution < 1.29 is 28.8 Å². The number of carbonyl (C=O) groups is 1. The van der Waals surface area contributed by atoms with Crippen LogP contribution in [0.5, 0.6) is 0 Å². The first-order chi connectivity index (χ1) is 22.5. The van der Waals surface area contributed by atoms with E-state index in [-0.39, 0.29) is 30.4 Å². The van der Waals surface area contributed by atoms with Gasteiger partial charge in [0.1, 0.15) is 0 Å². The number of carboxylic acid groups (broad SMARTS) is 1. The second kappa shape index (κ2) is 15.4. The van der Waals surface area contributed by atoms with Gasteiger partial charge in [0.25, 0.3) is 0 Å². The van der Waals surface area contributed by atoms with Gasteiger partial charge in [0.2, 0.25) is 0 Å². The molecule has 0 bridgehead atoms. The van der Waals surface area contributed by atoms with Crippen LogP contribution in [-0.4, -0.2) is 27.7 Å². The molecule has 232 valence electrons. The summed E-state index contributed by atoms with van der Waals surface area (Å²) in [6.45, 7) is 1.71. The number of carbonyl (C=O) groups excluding carboxylic acids is 1. The molecule has 0 atom stereocenters. The van der Waals surface area contributed by atoms with E-state index in [4.69, 9.17) is 45.7 Å². The van der Waals surface area contributed by atoms with Crippen LogP contribution in [0.15, 0.2) is 107 Å². The molecule has 6 rings (SSSR count). The summed E-state index contributed by atoms with van der Waals surface area (Å²) in [5.74, 6) is -0.0491. The average Bonchev–Trinajstić information content (AvgIpc) is 3.07. The number of pyridine rings is 2. The van der Waals surface area contributed by atoms with E-state index in [0.717, 1.165) is 32.8 Å². The van der Waals surface area contributed by atoms with E-state index in [1.54, 1.807) is 31.3 Å².